The summed E-state index contributed by atoms with van der Waals surface area (Å²) in [5.74, 6) is -1.47. The monoisotopic (exact) mass is 893 g/mol. The summed E-state index contributed by atoms with van der Waals surface area (Å²) < 4.78 is 26.8. The van der Waals surface area contributed by atoms with Crippen LogP contribution >= 0.6 is 0 Å². The van der Waals surface area contributed by atoms with Gasteiger partial charge in [0, 0.05) is 36.2 Å². The molecule has 3 saturated carbocycles. The molecule has 4 saturated heterocycles. The van der Waals surface area contributed by atoms with Crippen molar-refractivity contribution in [3.63, 3.8) is 0 Å². The first-order valence-corrected chi connectivity index (χ1v) is 23.7. The lowest BCUT2D eigenvalue weighted by Crippen LogP contribution is -2.69. The van der Waals surface area contributed by atoms with E-state index in [1.807, 2.05) is 72.8 Å². The van der Waals surface area contributed by atoms with Gasteiger partial charge in [0.15, 0.2) is 6.04 Å². The lowest BCUT2D eigenvalue weighted by atomic mass is 9.52. The van der Waals surface area contributed by atoms with Gasteiger partial charge in [0.1, 0.15) is 29.8 Å². The Morgan fingerprint density at radius 2 is 1.55 bits per heavy atom. The Morgan fingerprint density at radius 1 is 0.818 bits per heavy atom. The lowest BCUT2D eigenvalue weighted by Gasteiger charge is -2.53. The van der Waals surface area contributed by atoms with Crippen LogP contribution in [0.4, 0.5) is 0 Å². The van der Waals surface area contributed by atoms with E-state index in [2.05, 4.69) is 55.7 Å². The van der Waals surface area contributed by atoms with E-state index in [1.165, 1.54) is 18.4 Å². The second kappa shape index (κ2) is 16.5. The van der Waals surface area contributed by atoms with Gasteiger partial charge in [-0.25, -0.2) is 0 Å². The average molecular weight is 894 g/mol. The van der Waals surface area contributed by atoms with Crippen molar-refractivity contribution in [2.45, 2.75) is 120 Å². The van der Waals surface area contributed by atoms with Gasteiger partial charge in [0.25, 0.3) is 5.91 Å². The molecule has 12 heteroatoms. The van der Waals surface area contributed by atoms with E-state index in [1.54, 1.807) is 23.3 Å². The van der Waals surface area contributed by atoms with Crippen LogP contribution in [-0.4, -0.2) is 83.3 Å². The highest BCUT2D eigenvalue weighted by atomic mass is 16.8. The largest absolute Gasteiger partial charge is 0.458 e. The minimum atomic E-state index is -1.42. The van der Waals surface area contributed by atoms with Crippen LogP contribution in [0.1, 0.15) is 97.5 Å². The standard InChI is InChI=1S/C54H59N3O9/c1-51(2)29-40-36(20-21-43-52(3,63-43)23-22-41(40)51)27-33-12-10-14-35(26-33)32-57-46-49(60)62-42-30-53(46,50(61)56-31-34-13-11-15-37(28-34)48(59)55-24-25-58)47(66-57)45-44(42)64-54(65-45,38-16-6-4-7-17-38)39-18-8-5-9-19-39/h4-19,26-28,40-47,58H,20-25,29-32H2,1-3H3,(H,55,59)(H,56,61). The molecular weight excluding hydrogens is 835 g/mol. The maximum Gasteiger partial charge on any atom is 0.327 e. The molecule has 0 spiro atoms. The number of nitrogens with zero attached hydrogens (tertiary/aromatic N) is 1. The van der Waals surface area contributed by atoms with Gasteiger partial charge in [-0.1, -0.05) is 123 Å². The van der Waals surface area contributed by atoms with Crippen molar-refractivity contribution in [2.75, 3.05) is 13.2 Å². The van der Waals surface area contributed by atoms with E-state index in [0.717, 1.165) is 41.5 Å². The number of fused-ring (bicyclic) bond motifs is 6. The van der Waals surface area contributed by atoms with Gasteiger partial charge in [-0.2, -0.15) is 5.06 Å². The summed E-state index contributed by atoms with van der Waals surface area (Å²) in [6, 6.07) is 33.7. The number of hydroxylamine groups is 2. The number of epoxide rings is 1. The van der Waals surface area contributed by atoms with Gasteiger partial charge < -0.3 is 34.7 Å². The molecular formula is C54H59N3O9. The number of amides is 2. The van der Waals surface area contributed by atoms with Gasteiger partial charge in [0.05, 0.1) is 24.9 Å². The fourth-order valence-corrected chi connectivity index (χ4v) is 12.5. The molecule has 0 aromatic heterocycles. The average Bonchev–Trinajstić information content (AvgIpc) is 3.59. The molecule has 4 aliphatic heterocycles. The summed E-state index contributed by atoms with van der Waals surface area (Å²) in [5, 5.41) is 16.7. The summed E-state index contributed by atoms with van der Waals surface area (Å²) in [6.45, 7) is 7.34. The number of aliphatic hydroxyl groups excluding tert-OH is 1. The highest BCUT2D eigenvalue weighted by Crippen LogP contribution is 2.61. The van der Waals surface area contributed by atoms with E-state index in [4.69, 9.17) is 23.8 Å². The summed E-state index contributed by atoms with van der Waals surface area (Å²) in [6.07, 6.45) is 5.04. The van der Waals surface area contributed by atoms with Crippen LogP contribution in [0.25, 0.3) is 6.08 Å². The number of ether oxygens (including phenoxy) is 4. The second-order valence-corrected chi connectivity index (χ2v) is 20.5. The van der Waals surface area contributed by atoms with Crippen LogP contribution in [-0.2, 0) is 52.3 Å². The van der Waals surface area contributed by atoms with Gasteiger partial charge in [0.2, 0.25) is 11.7 Å². The third kappa shape index (κ3) is 7.32. The summed E-state index contributed by atoms with van der Waals surface area (Å²) in [5.41, 5.74) is 5.02. The number of aliphatic hydroxyl groups is 1. The minimum Gasteiger partial charge on any atom is -0.458 e. The number of benzene rings is 4. The molecule has 3 aliphatic carbocycles. The van der Waals surface area contributed by atoms with Gasteiger partial charge >= 0.3 is 5.97 Å². The van der Waals surface area contributed by atoms with Crippen molar-refractivity contribution in [2.24, 2.45) is 22.7 Å². The molecule has 2 amide bonds. The molecule has 7 aliphatic rings. The molecule has 11 rings (SSSR count). The topological polar surface area (TPSA) is 148 Å². The van der Waals surface area contributed by atoms with Crippen molar-refractivity contribution in [1.82, 2.24) is 15.7 Å². The Labute approximate surface area is 385 Å². The SMILES string of the molecule is CC1(C)CC2C(=Cc3cccc(CN4OC5C6OC(c7ccccc7)(c7ccccc7)OC6C6CC5(C(=O)NCc5cccc(C(=O)NCCO)c5)C4C(=O)O6)c3)CCC3OC3(C)CCC21. The number of esters is 1. The zero-order chi connectivity index (χ0) is 45.4. The predicted molar refractivity (Wildman–Crippen MR) is 244 cm³/mol. The fourth-order valence-electron chi connectivity index (χ4n) is 12.5. The third-order valence-electron chi connectivity index (χ3n) is 16.0. The molecule has 7 fully saturated rings. The van der Waals surface area contributed by atoms with Crippen LogP contribution in [0.3, 0.4) is 0 Å². The molecule has 344 valence electrons. The van der Waals surface area contributed by atoms with Crippen LogP contribution < -0.4 is 10.6 Å². The number of carbonyl (C=O) groups excluding carboxylic acids is 3. The smallest absolute Gasteiger partial charge is 0.327 e. The van der Waals surface area contributed by atoms with Crippen molar-refractivity contribution in [3.8, 4) is 0 Å². The Balaban J connectivity index is 0.926. The quantitative estimate of drug-likeness (QED) is 0.106. The Hall–Kier alpha value is -5.21. The summed E-state index contributed by atoms with van der Waals surface area (Å²) >= 11 is 0. The first-order valence-electron chi connectivity index (χ1n) is 23.7. The number of carbonyl (C=O) groups is 3. The van der Waals surface area contributed by atoms with E-state index in [0.29, 0.717) is 34.5 Å². The molecule has 4 aromatic rings. The summed E-state index contributed by atoms with van der Waals surface area (Å²) in [7, 11) is 0. The zero-order valence-electron chi connectivity index (χ0n) is 37.8. The Bertz CT molecular complexity index is 2510. The van der Waals surface area contributed by atoms with Gasteiger partial charge in [-0.15, -0.1) is 0 Å². The summed E-state index contributed by atoms with van der Waals surface area (Å²) in [4.78, 5) is 49.6. The van der Waals surface area contributed by atoms with Gasteiger partial charge in [-0.3, -0.25) is 19.2 Å². The van der Waals surface area contributed by atoms with Crippen LogP contribution in [0.5, 0.6) is 0 Å². The number of hydrogen-bond acceptors (Lipinski definition) is 10. The highest BCUT2D eigenvalue weighted by molar-refractivity contribution is 5.95. The maximum absolute atomic E-state index is 15.2. The Kier molecular flexibility index (Phi) is 10.9. The van der Waals surface area contributed by atoms with Crippen molar-refractivity contribution in [3.05, 3.63) is 148 Å². The number of rotatable bonds is 11. The lowest BCUT2D eigenvalue weighted by molar-refractivity contribution is -0.213. The van der Waals surface area contributed by atoms with Crippen molar-refractivity contribution >= 4 is 23.9 Å². The number of allylic oxidation sites excluding steroid dienone is 1. The van der Waals surface area contributed by atoms with Crippen LogP contribution in [0.15, 0.2) is 115 Å². The van der Waals surface area contributed by atoms with E-state index in [9.17, 15) is 14.7 Å². The molecule has 10 unspecified atom stereocenters. The normalized spacial score (nSPS) is 34.0. The van der Waals surface area contributed by atoms with E-state index >= 15 is 4.79 Å². The Morgan fingerprint density at radius 3 is 2.29 bits per heavy atom. The van der Waals surface area contributed by atoms with Gasteiger partial charge in [-0.05, 0) is 85.1 Å². The molecule has 66 heavy (non-hydrogen) atoms. The van der Waals surface area contributed by atoms with Crippen LogP contribution in [0.2, 0.25) is 0 Å². The van der Waals surface area contributed by atoms with Crippen molar-refractivity contribution in [1.29, 1.82) is 0 Å². The molecule has 4 aromatic carbocycles. The molecule has 2 bridgehead atoms. The molecule has 12 nitrogen and oxygen atoms in total. The molecule has 10 atom stereocenters. The first kappa shape index (κ1) is 43.4. The first-order chi connectivity index (χ1) is 31.9. The molecule has 0 radical (unpaired) electrons. The molecule has 3 N–H and O–H groups in total. The third-order valence-corrected chi connectivity index (χ3v) is 16.0. The second-order valence-electron chi connectivity index (χ2n) is 20.5. The predicted octanol–water partition coefficient (Wildman–Crippen LogP) is 6.99. The number of hydrogen-bond donors (Lipinski definition) is 3. The van der Waals surface area contributed by atoms with E-state index < -0.39 is 47.6 Å². The minimum absolute atomic E-state index is 0.0113. The molecule has 4 heterocycles. The zero-order valence-corrected chi connectivity index (χ0v) is 37.8. The van der Waals surface area contributed by atoms with Crippen LogP contribution in [0, 0.1) is 22.7 Å². The fraction of sp³-hybridized carbons (Fsp3) is 0.463. The van der Waals surface area contributed by atoms with Crippen molar-refractivity contribution < 1.29 is 43.3 Å². The maximum atomic E-state index is 15.2. The highest BCUT2D eigenvalue weighted by Gasteiger charge is 2.76. The van der Waals surface area contributed by atoms with E-state index in [-0.39, 0.29) is 50.1 Å². The number of nitrogens with one attached hydrogen (secondary N) is 2.